The summed E-state index contributed by atoms with van der Waals surface area (Å²) in [5, 5.41) is 10.1. The lowest BCUT2D eigenvalue weighted by Gasteiger charge is -2.12. The molecule has 168 valence electrons. The van der Waals surface area contributed by atoms with Crippen LogP contribution in [0.15, 0.2) is 53.7 Å². The van der Waals surface area contributed by atoms with Gasteiger partial charge in [-0.3, -0.25) is 4.99 Å². The molecular weight excluding hydrogens is 501 g/mol. The summed E-state index contributed by atoms with van der Waals surface area (Å²) in [4.78, 5) is 13.6. The predicted molar refractivity (Wildman–Crippen MR) is 140 cm³/mol. The van der Waals surface area contributed by atoms with E-state index >= 15 is 0 Å². The third-order valence-electron chi connectivity index (χ3n) is 4.87. The highest BCUT2D eigenvalue weighted by Gasteiger charge is 2.06. The molecule has 1 aromatic carbocycles. The van der Waals surface area contributed by atoms with Gasteiger partial charge in [0, 0.05) is 38.9 Å². The zero-order chi connectivity index (χ0) is 21.0. The van der Waals surface area contributed by atoms with E-state index in [0.29, 0.717) is 0 Å². The summed E-state index contributed by atoms with van der Waals surface area (Å²) in [5.41, 5.74) is 2.26. The van der Waals surface area contributed by atoms with Gasteiger partial charge in [-0.1, -0.05) is 18.2 Å². The maximum atomic E-state index is 4.72. The van der Waals surface area contributed by atoms with Crippen LogP contribution < -0.4 is 16.0 Å². The first-order valence-corrected chi connectivity index (χ1v) is 10.9. The van der Waals surface area contributed by atoms with Gasteiger partial charge < -0.3 is 20.5 Å². The average molecular weight is 535 g/mol. The van der Waals surface area contributed by atoms with Crippen LogP contribution in [0.5, 0.6) is 0 Å². The fraction of sp³-hybridized carbons (Fsp3) is 0.435. The number of para-hydroxylation sites is 2. The lowest BCUT2D eigenvalue weighted by atomic mass is 10.3. The van der Waals surface area contributed by atoms with E-state index in [1.54, 1.807) is 6.20 Å². The molecule has 0 aliphatic heterocycles. The van der Waals surface area contributed by atoms with Crippen molar-refractivity contribution in [2.24, 2.45) is 4.99 Å². The van der Waals surface area contributed by atoms with E-state index in [1.165, 1.54) is 5.52 Å². The van der Waals surface area contributed by atoms with E-state index in [0.717, 1.165) is 75.1 Å². The number of halogens is 1. The van der Waals surface area contributed by atoms with E-state index in [2.05, 4.69) is 62.5 Å². The molecule has 0 aliphatic carbocycles. The zero-order valence-corrected chi connectivity index (χ0v) is 20.8. The van der Waals surface area contributed by atoms with Crippen LogP contribution in [0.4, 0.5) is 5.82 Å². The molecule has 3 rings (SSSR count). The quantitative estimate of drug-likeness (QED) is 0.149. The van der Waals surface area contributed by atoms with Crippen molar-refractivity contribution in [2.45, 2.75) is 39.7 Å². The number of benzene rings is 1. The summed E-state index contributed by atoms with van der Waals surface area (Å²) in [5.74, 6) is 2.88. The van der Waals surface area contributed by atoms with Gasteiger partial charge in [0.05, 0.1) is 11.0 Å². The molecular formula is C23H34IN7. The Morgan fingerprint density at radius 3 is 2.61 bits per heavy atom. The smallest absolute Gasteiger partial charge is 0.191 e. The summed E-state index contributed by atoms with van der Waals surface area (Å²) in [6.45, 7) is 8.55. The summed E-state index contributed by atoms with van der Waals surface area (Å²) in [6, 6.07) is 14.2. The molecule has 0 aliphatic rings. The highest BCUT2D eigenvalue weighted by atomic mass is 127. The second-order valence-corrected chi connectivity index (χ2v) is 7.19. The maximum Gasteiger partial charge on any atom is 0.191 e. The molecule has 0 saturated heterocycles. The van der Waals surface area contributed by atoms with Crippen molar-refractivity contribution in [3.63, 3.8) is 0 Å². The van der Waals surface area contributed by atoms with Crippen molar-refractivity contribution in [3.05, 3.63) is 54.5 Å². The number of imidazole rings is 1. The van der Waals surface area contributed by atoms with E-state index in [1.807, 2.05) is 24.3 Å². The van der Waals surface area contributed by atoms with Gasteiger partial charge in [0.2, 0.25) is 0 Å². The van der Waals surface area contributed by atoms with Crippen molar-refractivity contribution < 1.29 is 0 Å². The molecule has 0 radical (unpaired) electrons. The summed E-state index contributed by atoms with van der Waals surface area (Å²) in [6.07, 6.45) is 4.94. The Morgan fingerprint density at radius 2 is 1.81 bits per heavy atom. The third kappa shape index (κ3) is 8.01. The van der Waals surface area contributed by atoms with E-state index < -0.39 is 0 Å². The van der Waals surface area contributed by atoms with Gasteiger partial charge >= 0.3 is 0 Å². The highest BCUT2D eigenvalue weighted by molar-refractivity contribution is 14.0. The molecule has 0 saturated carbocycles. The predicted octanol–water partition coefficient (Wildman–Crippen LogP) is 4.20. The molecule has 31 heavy (non-hydrogen) atoms. The SMILES string of the molecule is CCNC(=NCCCn1c(C)nc2ccccc21)NCCCCNc1ccccn1.I. The average Bonchev–Trinajstić information content (AvgIpc) is 3.09. The number of nitrogens with one attached hydrogen (secondary N) is 3. The fourth-order valence-electron chi connectivity index (χ4n) is 3.38. The number of rotatable bonds is 11. The maximum absolute atomic E-state index is 4.72. The van der Waals surface area contributed by atoms with Gasteiger partial charge in [0.1, 0.15) is 11.6 Å². The van der Waals surface area contributed by atoms with E-state index in [9.17, 15) is 0 Å². The molecule has 0 spiro atoms. The molecule has 3 N–H and O–H groups in total. The minimum atomic E-state index is 0. The van der Waals surface area contributed by atoms with Crippen LogP contribution >= 0.6 is 24.0 Å². The third-order valence-corrected chi connectivity index (χ3v) is 4.87. The molecule has 0 atom stereocenters. The molecule has 0 bridgehead atoms. The molecule has 2 aromatic heterocycles. The van der Waals surface area contributed by atoms with E-state index in [4.69, 9.17) is 4.99 Å². The number of aromatic nitrogens is 3. The first-order chi connectivity index (χ1) is 14.8. The summed E-state index contributed by atoms with van der Waals surface area (Å²) < 4.78 is 2.28. The van der Waals surface area contributed by atoms with Crippen molar-refractivity contribution in [3.8, 4) is 0 Å². The molecule has 3 aromatic rings. The zero-order valence-electron chi connectivity index (χ0n) is 18.5. The number of unbranched alkanes of at least 4 members (excludes halogenated alkanes) is 1. The Morgan fingerprint density at radius 1 is 1.00 bits per heavy atom. The fourth-order valence-corrected chi connectivity index (χ4v) is 3.38. The van der Waals surface area contributed by atoms with Gasteiger partial charge in [0.25, 0.3) is 0 Å². The van der Waals surface area contributed by atoms with Gasteiger partial charge in [-0.15, -0.1) is 24.0 Å². The Balaban J connectivity index is 0.00000341. The lowest BCUT2D eigenvalue weighted by Crippen LogP contribution is -2.38. The Labute approximate surface area is 202 Å². The number of fused-ring (bicyclic) bond motifs is 1. The highest BCUT2D eigenvalue weighted by Crippen LogP contribution is 2.15. The number of hydrogen-bond donors (Lipinski definition) is 3. The number of aryl methyl sites for hydroxylation is 2. The van der Waals surface area contributed by atoms with Crippen molar-refractivity contribution in [2.75, 3.05) is 31.5 Å². The van der Waals surface area contributed by atoms with Gasteiger partial charge in [-0.25, -0.2) is 9.97 Å². The number of nitrogens with zero attached hydrogens (tertiary/aromatic N) is 4. The lowest BCUT2D eigenvalue weighted by molar-refractivity contribution is 0.644. The molecule has 7 nitrogen and oxygen atoms in total. The van der Waals surface area contributed by atoms with Crippen molar-refractivity contribution in [1.82, 2.24) is 25.2 Å². The molecule has 0 amide bonds. The largest absolute Gasteiger partial charge is 0.370 e. The van der Waals surface area contributed by atoms with Crippen LogP contribution in [0.3, 0.4) is 0 Å². The first kappa shape index (κ1) is 24.9. The standard InChI is InChI=1S/C23H33N7.HI/c1-3-24-23(27-16-9-8-15-26-22-13-6-7-14-25-22)28-17-10-18-30-19(2)29-20-11-4-5-12-21(20)30;/h4-7,11-14H,3,8-10,15-18H2,1-2H3,(H,25,26)(H2,24,27,28);1H. The van der Waals surface area contributed by atoms with Crippen LogP contribution in [0.1, 0.15) is 32.0 Å². The van der Waals surface area contributed by atoms with Crippen LogP contribution in [0.25, 0.3) is 11.0 Å². The number of anilines is 1. The van der Waals surface area contributed by atoms with Gasteiger partial charge in [0.15, 0.2) is 5.96 Å². The van der Waals surface area contributed by atoms with Crippen molar-refractivity contribution in [1.29, 1.82) is 0 Å². The Kier molecular flexibility index (Phi) is 11.1. The van der Waals surface area contributed by atoms with E-state index in [-0.39, 0.29) is 24.0 Å². The second-order valence-electron chi connectivity index (χ2n) is 7.19. The second kappa shape index (κ2) is 13.8. The molecule has 0 fully saturated rings. The first-order valence-electron chi connectivity index (χ1n) is 10.9. The van der Waals surface area contributed by atoms with Crippen molar-refractivity contribution >= 4 is 46.8 Å². The minimum Gasteiger partial charge on any atom is -0.370 e. The van der Waals surface area contributed by atoms with Gasteiger partial charge in [-0.2, -0.15) is 0 Å². The minimum absolute atomic E-state index is 0. The normalized spacial score (nSPS) is 11.2. The van der Waals surface area contributed by atoms with Crippen LogP contribution in [-0.2, 0) is 6.54 Å². The molecule has 2 heterocycles. The molecule has 0 unspecified atom stereocenters. The Bertz CT molecular complexity index is 924. The summed E-state index contributed by atoms with van der Waals surface area (Å²) in [7, 11) is 0. The van der Waals surface area contributed by atoms with Gasteiger partial charge in [-0.05, 0) is 57.4 Å². The monoisotopic (exact) mass is 535 g/mol. The van der Waals surface area contributed by atoms with Crippen LogP contribution in [-0.4, -0.2) is 46.7 Å². The number of pyridine rings is 1. The number of hydrogen-bond acceptors (Lipinski definition) is 4. The molecule has 8 heteroatoms. The van der Waals surface area contributed by atoms with Crippen LogP contribution in [0.2, 0.25) is 0 Å². The van der Waals surface area contributed by atoms with Crippen LogP contribution in [0, 0.1) is 6.92 Å². The summed E-state index contributed by atoms with van der Waals surface area (Å²) >= 11 is 0. The topological polar surface area (TPSA) is 79.2 Å². The number of aliphatic imine (C=N–C) groups is 1. The Hall–Kier alpha value is -2.36. The number of guanidine groups is 1.